The molecular weight excluding hydrogens is 328 g/mol. The second-order valence-electron chi connectivity index (χ2n) is 2.44. The van der Waals surface area contributed by atoms with Gasteiger partial charge in [0.2, 0.25) is 0 Å². The zero-order valence-corrected chi connectivity index (χ0v) is 11.3. The Bertz CT molecular complexity index is 376. The summed E-state index contributed by atoms with van der Waals surface area (Å²) in [4.78, 5) is 0. The average Bonchev–Trinajstić information content (AvgIpc) is 2.28. The summed E-state index contributed by atoms with van der Waals surface area (Å²) in [6.07, 6.45) is 0. The first kappa shape index (κ1) is 12.7. The molecule has 0 aliphatic heterocycles. The maximum Gasteiger partial charge on any atom is 0.396 e. The molecule has 0 saturated carbocycles. The van der Waals surface area contributed by atoms with Gasteiger partial charge in [-0.15, -0.1) is 0 Å². The molecule has 0 heterocycles. The molecule has 0 N–H and O–H groups in total. The first-order valence-electron chi connectivity index (χ1n) is 3.97. The minimum atomic E-state index is -1.38. The standard InChI is InChI=1S/C9H9INO3P/c1-12-15(13-2)14-9-5-7(6-11)3-4-8(9)10/h3-5H,1-2H3. The van der Waals surface area contributed by atoms with E-state index in [1.165, 1.54) is 14.2 Å². The van der Waals surface area contributed by atoms with Crippen LogP contribution in [0.25, 0.3) is 0 Å². The summed E-state index contributed by atoms with van der Waals surface area (Å²) in [5.41, 5.74) is 0.549. The van der Waals surface area contributed by atoms with Crippen molar-refractivity contribution in [2.24, 2.45) is 0 Å². The van der Waals surface area contributed by atoms with Crippen molar-refractivity contribution in [1.82, 2.24) is 0 Å². The van der Waals surface area contributed by atoms with E-state index < -0.39 is 8.60 Å². The zero-order valence-electron chi connectivity index (χ0n) is 8.23. The van der Waals surface area contributed by atoms with Crippen LogP contribution in [-0.4, -0.2) is 14.2 Å². The molecule has 0 aliphatic rings. The lowest BCUT2D eigenvalue weighted by molar-refractivity contribution is 0.276. The number of hydrogen-bond donors (Lipinski definition) is 0. The Kier molecular flexibility index (Phi) is 5.26. The molecular formula is C9H9INO3P. The van der Waals surface area contributed by atoms with E-state index in [4.69, 9.17) is 18.8 Å². The van der Waals surface area contributed by atoms with Gasteiger partial charge in [0.15, 0.2) is 0 Å². The van der Waals surface area contributed by atoms with Gasteiger partial charge in [0, 0.05) is 14.2 Å². The molecule has 0 unspecified atom stereocenters. The zero-order chi connectivity index (χ0) is 11.3. The molecule has 80 valence electrons. The van der Waals surface area contributed by atoms with E-state index in [0.717, 1.165) is 3.57 Å². The Hall–Kier alpha value is -0.410. The van der Waals surface area contributed by atoms with Crippen molar-refractivity contribution in [3.05, 3.63) is 27.3 Å². The largest absolute Gasteiger partial charge is 0.426 e. The first-order valence-corrected chi connectivity index (χ1v) is 6.14. The van der Waals surface area contributed by atoms with Crippen LogP contribution in [0.15, 0.2) is 18.2 Å². The number of nitrogens with zero attached hydrogens (tertiary/aromatic N) is 1. The lowest BCUT2D eigenvalue weighted by Crippen LogP contribution is -1.94. The summed E-state index contributed by atoms with van der Waals surface area (Å²) in [6, 6.07) is 7.25. The maximum absolute atomic E-state index is 8.74. The summed E-state index contributed by atoms with van der Waals surface area (Å²) >= 11 is 2.12. The lowest BCUT2D eigenvalue weighted by Gasteiger charge is -2.13. The fourth-order valence-corrected chi connectivity index (χ4v) is 2.10. The maximum atomic E-state index is 8.74. The molecule has 1 aromatic carbocycles. The van der Waals surface area contributed by atoms with E-state index in [0.29, 0.717) is 11.3 Å². The van der Waals surface area contributed by atoms with Crippen molar-refractivity contribution >= 4 is 31.2 Å². The third kappa shape index (κ3) is 3.58. The smallest absolute Gasteiger partial charge is 0.396 e. The van der Waals surface area contributed by atoms with Crippen LogP contribution in [0, 0.1) is 14.9 Å². The van der Waals surface area contributed by atoms with Gasteiger partial charge in [-0.2, -0.15) is 5.26 Å². The minimum absolute atomic E-state index is 0.549. The van der Waals surface area contributed by atoms with Crippen LogP contribution in [0.5, 0.6) is 5.75 Å². The highest BCUT2D eigenvalue weighted by Gasteiger charge is 2.12. The molecule has 0 atom stereocenters. The average molecular weight is 337 g/mol. The quantitative estimate of drug-likeness (QED) is 0.626. The van der Waals surface area contributed by atoms with Crippen molar-refractivity contribution in [2.75, 3.05) is 14.2 Å². The van der Waals surface area contributed by atoms with Crippen molar-refractivity contribution in [2.45, 2.75) is 0 Å². The molecule has 15 heavy (non-hydrogen) atoms. The Morgan fingerprint density at radius 3 is 2.53 bits per heavy atom. The number of halogens is 1. The molecule has 0 spiro atoms. The van der Waals surface area contributed by atoms with E-state index in [1.54, 1.807) is 12.1 Å². The highest BCUT2D eigenvalue weighted by atomic mass is 127. The van der Waals surface area contributed by atoms with Gasteiger partial charge in [0.05, 0.1) is 15.2 Å². The SMILES string of the molecule is COP(OC)Oc1cc(C#N)ccc1I. The van der Waals surface area contributed by atoms with Crippen molar-refractivity contribution < 1.29 is 13.6 Å². The Morgan fingerprint density at radius 2 is 2.00 bits per heavy atom. The minimum Gasteiger partial charge on any atom is -0.426 e. The fraction of sp³-hybridized carbons (Fsp3) is 0.222. The van der Waals surface area contributed by atoms with Gasteiger partial charge in [0.1, 0.15) is 5.75 Å². The van der Waals surface area contributed by atoms with E-state index in [9.17, 15) is 0 Å². The molecule has 0 fully saturated rings. The third-order valence-electron chi connectivity index (χ3n) is 1.53. The molecule has 1 rings (SSSR count). The normalized spacial score (nSPS) is 10.1. The number of nitriles is 1. The fourth-order valence-electron chi connectivity index (χ4n) is 0.872. The number of hydrogen-bond acceptors (Lipinski definition) is 4. The topological polar surface area (TPSA) is 51.5 Å². The lowest BCUT2D eigenvalue weighted by atomic mass is 10.2. The number of rotatable bonds is 4. The van der Waals surface area contributed by atoms with Gasteiger partial charge in [-0.25, -0.2) is 0 Å². The van der Waals surface area contributed by atoms with Gasteiger partial charge in [0.25, 0.3) is 0 Å². The van der Waals surface area contributed by atoms with Gasteiger partial charge < -0.3 is 13.6 Å². The molecule has 1 aromatic rings. The summed E-state index contributed by atoms with van der Waals surface area (Å²) in [7, 11) is 1.64. The van der Waals surface area contributed by atoms with E-state index in [-0.39, 0.29) is 0 Å². The highest BCUT2D eigenvalue weighted by Crippen LogP contribution is 2.40. The predicted molar refractivity (Wildman–Crippen MR) is 65.4 cm³/mol. The molecule has 0 bridgehead atoms. The molecule has 0 amide bonds. The molecule has 0 aliphatic carbocycles. The molecule has 0 aromatic heterocycles. The first-order chi connectivity index (χ1) is 7.21. The van der Waals surface area contributed by atoms with Gasteiger partial charge >= 0.3 is 8.60 Å². The summed E-state index contributed by atoms with van der Waals surface area (Å²) in [5.74, 6) is 0.601. The van der Waals surface area contributed by atoms with Crippen LogP contribution in [-0.2, 0) is 9.05 Å². The van der Waals surface area contributed by atoms with Crippen LogP contribution < -0.4 is 4.52 Å². The summed E-state index contributed by atoms with van der Waals surface area (Å²) < 4.78 is 16.3. The van der Waals surface area contributed by atoms with Crippen LogP contribution in [0.4, 0.5) is 0 Å². The van der Waals surface area contributed by atoms with Gasteiger partial charge in [-0.05, 0) is 40.8 Å². The Morgan fingerprint density at radius 1 is 1.33 bits per heavy atom. The summed E-state index contributed by atoms with van der Waals surface area (Å²) in [6.45, 7) is 0. The van der Waals surface area contributed by atoms with Crippen LogP contribution in [0.1, 0.15) is 5.56 Å². The van der Waals surface area contributed by atoms with E-state index in [2.05, 4.69) is 22.6 Å². The van der Waals surface area contributed by atoms with Gasteiger partial charge in [-0.3, -0.25) is 0 Å². The van der Waals surface area contributed by atoms with Crippen molar-refractivity contribution in [3.8, 4) is 11.8 Å². The molecule has 6 heteroatoms. The Balaban J connectivity index is 2.88. The Labute approximate surface area is 103 Å². The van der Waals surface area contributed by atoms with E-state index >= 15 is 0 Å². The number of benzene rings is 1. The van der Waals surface area contributed by atoms with Gasteiger partial charge in [-0.1, -0.05) is 0 Å². The van der Waals surface area contributed by atoms with Crippen LogP contribution in [0.3, 0.4) is 0 Å². The van der Waals surface area contributed by atoms with Crippen LogP contribution in [0.2, 0.25) is 0 Å². The third-order valence-corrected chi connectivity index (χ3v) is 3.36. The van der Waals surface area contributed by atoms with Crippen molar-refractivity contribution in [3.63, 3.8) is 0 Å². The predicted octanol–water partition coefficient (Wildman–Crippen LogP) is 3.06. The van der Waals surface area contributed by atoms with Crippen LogP contribution >= 0.6 is 31.2 Å². The monoisotopic (exact) mass is 337 g/mol. The van der Waals surface area contributed by atoms with Crippen molar-refractivity contribution in [1.29, 1.82) is 5.26 Å². The second-order valence-corrected chi connectivity index (χ2v) is 4.96. The van der Waals surface area contributed by atoms with E-state index in [1.807, 2.05) is 12.1 Å². The molecule has 0 saturated heterocycles. The molecule has 0 radical (unpaired) electrons. The highest BCUT2D eigenvalue weighted by molar-refractivity contribution is 14.1. The summed E-state index contributed by atoms with van der Waals surface area (Å²) in [5, 5.41) is 8.74. The second kappa shape index (κ2) is 6.23. The molecule has 4 nitrogen and oxygen atoms in total.